The van der Waals surface area contributed by atoms with Crippen molar-refractivity contribution in [3.05, 3.63) is 23.5 Å². The molecule has 0 heterocycles. The third-order valence-electron chi connectivity index (χ3n) is 3.86. The molecule has 1 aromatic rings. The van der Waals surface area contributed by atoms with Gasteiger partial charge in [0.1, 0.15) is 5.82 Å². The molecule has 104 valence electrons. The molecule has 5 N–H and O–H groups in total. The van der Waals surface area contributed by atoms with Gasteiger partial charge in [-0.05, 0) is 30.9 Å². The van der Waals surface area contributed by atoms with Crippen molar-refractivity contribution in [2.75, 3.05) is 11.1 Å². The summed E-state index contributed by atoms with van der Waals surface area (Å²) in [5.74, 6) is -0.597. The number of nitrogens with two attached hydrogens (primary N) is 2. The maximum atomic E-state index is 13.9. The van der Waals surface area contributed by atoms with Gasteiger partial charge in [0.05, 0.1) is 11.3 Å². The third kappa shape index (κ3) is 2.97. The number of nitrogens with one attached hydrogen (secondary N) is 1. The van der Waals surface area contributed by atoms with E-state index in [2.05, 4.69) is 12.2 Å². The number of benzene rings is 1. The van der Waals surface area contributed by atoms with E-state index >= 15 is 0 Å². The molecular weight excluding hydrogens is 245 g/mol. The SMILES string of the molecule is CC1CCCCC1Nc1cc(C(N)=O)c(N)cc1F. The average Bonchev–Trinajstić information content (AvgIpc) is 2.34. The molecule has 1 aromatic carbocycles. The van der Waals surface area contributed by atoms with E-state index in [1.165, 1.54) is 12.5 Å². The van der Waals surface area contributed by atoms with Crippen LogP contribution in [0.15, 0.2) is 12.1 Å². The number of hydrogen-bond acceptors (Lipinski definition) is 3. The molecular formula is C14H20FN3O. The van der Waals surface area contributed by atoms with Crippen LogP contribution in [0.5, 0.6) is 0 Å². The molecule has 4 nitrogen and oxygen atoms in total. The van der Waals surface area contributed by atoms with Crippen LogP contribution in [-0.2, 0) is 0 Å². The number of primary amides is 1. The van der Waals surface area contributed by atoms with Gasteiger partial charge in [-0.1, -0.05) is 19.8 Å². The number of rotatable bonds is 3. The molecule has 0 saturated heterocycles. The predicted octanol–water partition coefficient (Wildman–Crippen LogP) is 2.50. The van der Waals surface area contributed by atoms with Gasteiger partial charge in [-0.2, -0.15) is 0 Å². The van der Waals surface area contributed by atoms with Crippen molar-refractivity contribution in [3.8, 4) is 0 Å². The maximum absolute atomic E-state index is 13.9. The van der Waals surface area contributed by atoms with Crippen LogP contribution in [0.25, 0.3) is 0 Å². The Labute approximate surface area is 112 Å². The lowest BCUT2D eigenvalue weighted by atomic mass is 9.86. The van der Waals surface area contributed by atoms with Crippen molar-refractivity contribution < 1.29 is 9.18 Å². The highest BCUT2D eigenvalue weighted by atomic mass is 19.1. The summed E-state index contributed by atoms with van der Waals surface area (Å²) in [6, 6.07) is 2.79. The minimum Gasteiger partial charge on any atom is -0.398 e. The van der Waals surface area contributed by atoms with Gasteiger partial charge in [0.25, 0.3) is 5.91 Å². The first-order chi connectivity index (χ1) is 8.99. The van der Waals surface area contributed by atoms with E-state index in [-0.39, 0.29) is 17.3 Å². The molecule has 19 heavy (non-hydrogen) atoms. The van der Waals surface area contributed by atoms with E-state index in [4.69, 9.17) is 11.5 Å². The van der Waals surface area contributed by atoms with Crippen molar-refractivity contribution in [1.82, 2.24) is 0 Å². The Kier molecular flexibility index (Phi) is 3.93. The number of nitrogen functional groups attached to an aromatic ring is 1. The van der Waals surface area contributed by atoms with E-state index in [9.17, 15) is 9.18 Å². The fraction of sp³-hybridized carbons (Fsp3) is 0.500. The normalized spacial score (nSPS) is 23.1. The summed E-state index contributed by atoms with van der Waals surface area (Å²) in [6.45, 7) is 2.15. The summed E-state index contributed by atoms with van der Waals surface area (Å²) < 4.78 is 13.9. The van der Waals surface area contributed by atoms with Gasteiger partial charge in [0, 0.05) is 11.7 Å². The lowest BCUT2D eigenvalue weighted by molar-refractivity contribution is 0.100. The van der Waals surface area contributed by atoms with Crippen LogP contribution in [0, 0.1) is 11.7 Å². The Morgan fingerprint density at radius 1 is 1.37 bits per heavy atom. The Hall–Kier alpha value is -1.78. The Morgan fingerprint density at radius 3 is 2.68 bits per heavy atom. The molecule has 1 amide bonds. The van der Waals surface area contributed by atoms with Crippen molar-refractivity contribution in [2.45, 2.75) is 38.6 Å². The summed E-state index contributed by atoms with van der Waals surface area (Å²) >= 11 is 0. The number of anilines is 2. The van der Waals surface area contributed by atoms with Crippen LogP contribution in [0.2, 0.25) is 0 Å². The summed E-state index contributed by atoms with van der Waals surface area (Å²) in [5.41, 5.74) is 11.4. The van der Waals surface area contributed by atoms with Crippen molar-refractivity contribution in [1.29, 1.82) is 0 Å². The topological polar surface area (TPSA) is 81.1 Å². The fourth-order valence-electron chi connectivity index (χ4n) is 2.64. The van der Waals surface area contributed by atoms with Gasteiger partial charge < -0.3 is 16.8 Å². The second-order valence-electron chi connectivity index (χ2n) is 5.30. The molecule has 0 spiro atoms. The molecule has 2 unspecified atom stereocenters. The van der Waals surface area contributed by atoms with Gasteiger partial charge in [-0.15, -0.1) is 0 Å². The Balaban J connectivity index is 2.24. The summed E-state index contributed by atoms with van der Waals surface area (Å²) in [7, 11) is 0. The molecule has 0 bridgehead atoms. The van der Waals surface area contributed by atoms with Gasteiger partial charge in [-0.25, -0.2) is 4.39 Å². The lowest BCUT2D eigenvalue weighted by Crippen LogP contribution is -2.30. The summed E-state index contributed by atoms with van der Waals surface area (Å²) in [5, 5.41) is 3.18. The van der Waals surface area contributed by atoms with E-state index in [0.29, 0.717) is 11.6 Å². The highest BCUT2D eigenvalue weighted by Gasteiger charge is 2.22. The zero-order valence-corrected chi connectivity index (χ0v) is 11.1. The quantitative estimate of drug-likeness (QED) is 0.734. The molecule has 5 heteroatoms. The van der Waals surface area contributed by atoms with Crippen LogP contribution >= 0.6 is 0 Å². The predicted molar refractivity (Wildman–Crippen MR) is 74.4 cm³/mol. The summed E-state index contributed by atoms with van der Waals surface area (Å²) in [6.07, 6.45) is 4.51. The molecule has 2 atom stereocenters. The highest BCUT2D eigenvalue weighted by molar-refractivity contribution is 5.99. The number of amides is 1. The van der Waals surface area contributed by atoms with Crippen LogP contribution < -0.4 is 16.8 Å². The monoisotopic (exact) mass is 265 g/mol. The standard InChI is InChI=1S/C14H20FN3O/c1-8-4-2-3-5-12(8)18-13-6-9(14(17)19)11(16)7-10(13)15/h6-8,12,18H,2-5,16H2,1H3,(H2,17,19). The molecule has 0 radical (unpaired) electrons. The maximum Gasteiger partial charge on any atom is 0.250 e. The lowest BCUT2D eigenvalue weighted by Gasteiger charge is -2.30. The first-order valence-corrected chi connectivity index (χ1v) is 6.64. The van der Waals surface area contributed by atoms with Crippen LogP contribution in [0.4, 0.5) is 15.8 Å². The van der Waals surface area contributed by atoms with Gasteiger partial charge in [0.2, 0.25) is 0 Å². The molecule has 2 rings (SSSR count). The molecule has 1 aliphatic carbocycles. The molecule has 0 aliphatic heterocycles. The molecule has 1 aliphatic rings. The smallest absolute Gasteiger partial charge is 0.250 e. The fourth-order valence-corrected chi connectivity index (χ4v) is 2.64. The van der Waals surface area contributed by atoms with Crippen LogP contribution in [0.1, 0.15) is 43.0 Å². The van der Waals surface area contributed by atoms with Crippen molar-refractivity contribution in [2.24, 2.45) is 11.7 Å². The first-order valence-electron chi connectivity index (χ1n) is 6.64. The zero-order chi connectivity index (χ0) is 14.0. The Morgan fingerprint density at radius 2 is 2.05 bits per heavy atom. The number of carbonyl (C=O) groups is 1. The van der Waals surface area contributed by atoms with Crippen LogP contribution in [0.3, 0.4) is 0 Å². The minimum atomic E-state index is -0.641. The zero-order valence-electron chi connectivity index (χ0n) is 11.1. The first kappa shape index (κ1) is 13.6. The van der Waals surface area contributed by atoms with E-state index < -0.39 is 11.7 Å². The van der Waals surface area contributed by atoms with Crippen molar-refractivity contribution in [3.63, 3.8) is 0 Å². The number of hydrogen-bond donors (Lipinski definition) is 3. The average molecular weight is 265 g/mol. The second kappa shape index (κ2) is 5.47. The molecule has 0 aromatic heterocycles. The van der Waals surface area contributed by atoms with Gasteiger partial charge >= 0.3 is 0 Å². The largest absolute Gasteiger partial charge is 0.398 e. The third-order valence-corrected chi connectivity index (χ3v) is 3.86. The van der Waals surface area contributed by atoms with Crippen molar-refractivity contribution >= 4 is 17.3 Å². The van der Waals surface area contributed by atoms with Gasteiger partial charge in [-0.3, -0.25) is 4.79 Å². The molecule has 1 fully saturated rings. The summed E-state index contributed by atoms with van der Waals surface area (Å²) in [4.78, 5) is 11.2. The minimum absolute atomic E-state index is 0.0762. The van der Waals surface area contributed by atoms with Crippen LogP contribution in [-0.4, -0.2) is 11.9 Å². The Bertz CT molecular complexity index is 490. The van der Waals surface area contributed by atoms with E-state index in [0.717, 1.165) is 25.3 Å². The number of halogens is 1. The highest BCUT2D eigenvalue weighted by Crippen LogP contribution is 2.29. The van der Waals surface area contributed by atoms with E-state index in [1.807, 2.05) is 0 Å². The van der Waals surface area contributed by atoms with E-state index in [1.54, 1.807) is 0 Å². The number of carbonyl (C=O) groups excluding carboxylic acids is 1. The molecule has 1 saturated carbocycles. The van der Waals surface area contributed by atoms with Gasteiger partial charge in [0.15, 0.2) is 0 Å². The second-order valence-corrected chi connectivity index (χ2v) is 5.30.